The Bertz CT molecular complexity index is 289. The van der Waals surface area contributed by atoms with Crippen molar-refractivity contribution < 1.29 is 4.74 Å². The lowest BCUT2D eigenvalue weighted by atomic mass is 10.1. The largest absolute Gasteiger partial charge is 0.494 e. The number of benzene rings is 1. The predicted octanol–water partition coefficient (Wildman–Crippen LogP) is 2.68. The zero-order chi connectivity index (χ0) is 11.3. The first-order valence-electron chi connectivity index (χ1n) is 5.50. The second-order valence-electron chi connectivity index (χ2n) is 4.15. The Labute approximate surface area is 92.6 Å². The molecule has 0 heterocycles. The lowest BCUT2D eigenvalue weighted by molar-refractivity contribution is 0.293. The van der Waals surface area contributed by atoms with Crippen LogP contribution in [-0.2, 0) is 0 Å². The molecule has 0 saturated heterocycles. The highest BCUT2D eigenvalue weighted by atomic mass is 16.5. The van der Waals surface area contributed by atoms with Crippen molar-refractivity contribution in [3.8, 4) is 5.75 Å². The number of ether oxygens (including phenoxy) is 1. The predicted molar refractivity (Wildman–Crippen MR) is 64.5 cm³/mol. The lowest BCUT2D eigenvalue weighted by Gasteiger charge is -2.12. The average Bonchev–Trinajstić information content (AvgIpc) is 2.16. The van der Waals surface area contributed by atoms with Crippen LogP contribution in [0.2, 0.25) is 0 Å². The molecule has 1 N–H and O–H groups in total. The molecule has 1 atom stereocenters. The van der Waals surface area contributed by atoms with Crippen LogP contribution in [0.15, 0.2) is 18.2 Å². The summed E-state index contributed by atoms with van der Waals surface area (Å²) in [6.07, 6.45) is 1.03. The maximum atomic E-state index is 5.70. The van der Waals surface area contributed by atoms with Crippen molar-refractivity contribution in [1.82, 2.24) is 5.32 Å². The summed E-state index contributed by atoms with van der Waals surface area (Å²) in [6.45, 7) is 7.11. The van der Waals surface area contributed by atoms with E-state index >= 15 is 0 Å². The molecular formula is C13H21NO. The Hall–Kier alpha value is -1.02. The van der Waals surface area contributed by atoms with Gasteiger partial charge in [-0.2, -0.15) is 0 Å². The molecule has 2 heteroatoms. The summed E-state index contributed by atoms with van der Waals surface area (Å²) >= 11 is 0. The maximum Gasteiger partial charge on any atom is 0.119 e. The third-order valence-corrected chi connectivity index (χ3v) is 2.51. The molecule has 0 aliphatic carbocycles. The Morgan fingerprint density at radius 3 is 2.33 bits per heavy atom. The van der Waals surface area contributed by atoms with Crippen LogP contribution in [-0.4, -0.2) is 19.7 Å². The molecule has 0 amide bonds. The highest BCUT2D eigenvalue weighted by Crippen LogP contribution is 2.16. The van der Waals surface area contributed by atoms with Crippen molar-refractivity contribution in [3.05, 3.63) is 29.3 Å². The maximum absolute atomic E-state index is 5.70. The number of aryl methyl sites for hydroxylation is 2. The Morgan fingerprint density at radius 1 is 1.20 bits per heavy atom. The molecule has 1 rings (SSSR count). The first-order valence-corrected chi connectivity index (χ1v) is 5.50. The summed E-state index contributed by atoms with van der Waals surface area (Å²) in [5.74, 6) is 0.982. The molecule has 1 aromatic carbocycles. The van der Waals surface area contributed by atoms with E-state index in [1.165, 1.54) is 11.1 Å². The van der Waals surface area contributed by atoms with Crippen molar-refractivity contribution in [2.75, 3.05) is 13.7 Å². The summed E-state index contributed by atoms with van der Waals surface area (Å²) in [5.41, 5.74) is 2.51. The van der Waals surface area contributed by atoms with Gasteiger partial charge in [-0.15, -0.1) is 0 Å². The molecule has 0 aliphatic heterocycles. The van der Waals surface area contributed by atoms with E-state index in [1.54, 1.807) is 0 Å². The smallest absolute Gasteiger partial charge is 0.119 e. The topological polar surface area (TPSA) is 21.3 Å². The summed E-state index contributed by atoms with van der Waals surface area (Å²) in [4.78, 5) is 0. The van der Waals surface area contributed by atoms with Gasteiger partial charge in [0.25, 0.3) is 0 Å². The standard InChI is InChI=1S/C13H21NO/c1-10-7-11(2)9-13(8-10)15-6-5-12(3)14-4/h7-9,12,14H,5-6H2,1-4H3. The van der Waals surface area contributed by atoms with Crippen LogP contribution in [0.5, 0.6) is 5.75 Å². The molecule has 1 aromatic rings. The Kier molecular flexibility index (Phi) is 4.63. The lowest BCUT2D eigenvalue weighted by Crippen LogP contribution is -2.23. The third-order valence-electron chi connectivity index (χ3n) is 2.51. The van der Waals surface area contributed by atoms with Crippen LogP contribution in [0.25, 0.3) is 0 Å². The number of hydrogen-bond acceptors (Lipinski definition) is 2. The van der Waals surface area contributed by atoms with Crippen molar-refractivity contribution in [3.63, 3.8) is 0 Å². The molecule has 84 valence electrons. The van der Waals surface area contributed by atoms with Crippen LogP contribution in [0.3, 0.4) is 0 Å². The molecule has 0 aromatic heterocycles. The molecule has 15 heavy (non-hydrogen) atoms. The van der Waals surface area contributed by atoms with Crippen molar-refractivity contribution in [2.24, 2.45) is 0 Å². The Balaban J connectivity index is 2.43. The molecule has 0 fully saturated rings. The fraction of sp³-hybridized carbons (Fsp3) is 0.538. The van der Waals surface area contributed by atoms with Gasteiger partial charge >= 0.3 is 0 Å². The monoisotopic (exact) mass is 207 g/mol. The third kappa shape index (κ3) is 4.34. The summed E-state index contributed by atoms with van der Waals surface area (Å²) in [5, 5.41) is 3.19. The van der Waals surface area contributed by atoms with E-state index in [-0.39, 0.29) is 0 Å². The Morgan fingerprint density at radius 2 is 1.80 bits per heavy atom. The van der Waals surface area contributed by atoms with E-state index in [1.807, 2.05) is 7.05 Å². The highest BCUT2D eigenvalue weighted by molar-refractivity contribution is 5.32. The number of hydrogen-bond donors (Lipinski definition) is 1. The molecular weight excluding hydrogens is 186 g/mol. The fourth-order valence-electron chi connectivity index (χ4n) is 1.51. The zero-order valence-electron chi connectivity index (χ0n) is 10.1. The van der Waals surface area contributed by atoms with Gasteiger partial charge in [0, 0.05) is 6.04 Å². The van der Waals surface area contributed by atoms with Crippen molar-refractivity contribution >= 4 is 0 Å². The van der Waals surface area contributed by atoms with Gasteiger partial charge in [-0.3, -0.25) is 0 Å². The second-order valence-corrected chi connectivity index (χ2v) is 4.15. The van der Waals surface area contributed by atoms with Gasteiger partial charge < -0.3 is 10.1 Å². The first-order chi connectivity index (χ1) is 7.11. The number of rotatable bonds is 5. The molecule has 0 aliphatic rings. The normalized spacial score (nSPS) is 12.5. The zero-order valence-corrected chi connectivity index (χ0v) is 10.1. The van der Waals surface area contributed by atoms with Gasteiger partial charge in [0.05, 0.1) is 6.61 Å². The minimum atomic E-state index is 0.510. The first kappa shape index (κ1) is 12.1. The van der Waals surface area contributed by atoms with Gasteiger partial charge in [0.2, 0.25) is 0 Å². The quantitative estimate of drug-likeness (QED) is 0.801. The van der Waals surface area contributed by atoms with Gasteiger partial charge in [-0.25, -0.2) is 0 Å². The van der Waals surface area contributed by atoms with E-state index in [4.69, 9.17) is 4.74 Å². The van der Waals surface area contributed by atoms with Crippen LogP contribution in [0.1, 0.15) is 24.5 Å². The van der Waals surface area contributed by atoms with Gasteiger partial charge in [-0.05, 0) is 57.5 Å². The van der Waals surface area contributed by atoms with Gasteiger partial charge in [0.1, 0.15) is 5.75 Å². The molecule has 0 spiro atoms. The molecule has 2 nitrogen and oxygen atoms in total. The average molecular weight is 207 g/mol. The van der Waals surface area contributed by atoms with Crippen LogP contribution in [0.4, 0.5) is 0 Å². The molecule has 1 unspecified atom stereocenters. The molecule has 0 radical (unpaired) electrons. The molecule has 0 bridgehead atoms. The SMILES string of the molecule is CNC(C)CCOc1cc(C)cc(C)c1. The van der Waals surface area contributed by atoms with E-state index < -0.39 is 0 Å². The van der Waals surface area contributed by atoms with Gasteiger partial charge in [0.15, 0.2) is 0 Å². The minimum absolute atomic E-state index is 0.510. The van der Waals surface area contributed by atoms with E-state index in [9.17, 15) is 0 Å². The van der Waals surface area contributed by atoms with Crippen molar-refractivity contribution in [1.29, 1.82) is 0 Å². The molecule has 0 saturated carbocycles. The van der Waals surface area contributed by atoms with Crippen LogP contribution >= 0.6 is 0 Å². The van der Waals surface area contributed by atoms with Crippen LogP contribution in [0, 0.1) is 13.8 Å². The van der Waals surface area contributed by atoms with E-state index in [2.05, 4.69) is 44.3 Å². The summed E-state index contributed by atoms with van der Waals surface area (Å²) in [7, 11) is 1.97. The fourth-order valence-corrected chi connectivity index (χ4v) is 1.51. The van der Waals surface area contributed by atoms with Gasteiger partial charge in [-0.1, -0.05) is 6.07 Å². The van der Waals surface area contributed by atoms with Crippen molar-refractivity contribution in [2.45, 2.75) is 33.2 Å². The summed E-state index contributed by atoms with van der Waals surface area (Å²) < 4.78 is 5.70. The number of nitrogens with one attached hydrogen (secondary N) is 1. The van der Waals surface area contributed by atoms with E-state index in [0.29, 0.717) is 6.04 Å². The van der Waals surface area contributed by atoms with Crippen LogP contribution < -0.4 is 10.1 Å². The van der Waals surface area contributed by atoms with E-state index in [0.717, 1.165) is 18.8 Å². The highest BCUT2D eigenvalue weighted by Gasteiger charge is 2.00. The summed E-state index contributed by atoms with van der Waals surface area (Å²) in [6, 6.07) is 6.83. The minimum Gasteiger partial charge on any atom is -0.494 e. The second kappa shape index (κ2) is 5.76.